The lowest BCUT2D eigenvalue weighted by Crippen LogP contribution is -2.31. The number of fused-ring (bicyclic) bond motifs is 2. The Bertz CT molecular complexity index is 999. The quantitative estimate of drug-likeness (QED) is 0.607. The number of nitrogens with one attached hydrogen (secondary N) is 1. The molecule has 1 N–H and O–H groups in total. The lowest BCUT2D eigenvalue weighted by atomic mass is 10.1. The number of piperidine rings is 1. The third kappa shape index (κ3) is 4.01. The molecule has 0 amide bonds. The van der Waals surface area contributed by atoms with Crippen molar-refractivity contribution in [1.29, 1.82) is 0 Å². The number of likely N-dealkylation sites (tertiary alicyclic amines) is 1. The molecule has 0 radical (unpaired) electrons. The number of ether oxygens (including phenoxy) is 2. The molecular formula is C24H27N3O2. The van der Waals surface area contributed by atoms with Crippen LogP contribution in [0.3, 0.4) is 0 Å². The van der Waals surface area contributed by atoms with Gasteiger partial charge in [-0.1, -0.05) is 24.6 Å². The minimum absolute atomic E-state index is 0.285. The predicted octanol–water partition coefficient (Wildman–Crippen LogP) is 4.92. The molecule has 2 aliphatic heterocycles. The van der Waals surface area contributed by atoms with E-state index in [4.69, 9.17) is 14.5 Å². The summed E-state index contributed by atoms with van der Waals surface area (Å²) in [4.78, 5) is 7.48. The number of rotatable bonds is 6. The molecule has 29 heavy (non-hydrogen) atoms. The molecule has 1 saturated heterocycles. The molecule has 1 aromatic heterocycles. The first kappa shape index (κ1) is 18.3. The van der Waals surface area contributed by atoms with Crippen LogP contribution in [-0.4, -0.2) is 42.9 Å². The molecule has 2 aromatic carbocycles. The van der Waals surface area contributed by atoms with Gasteiger partial charge in [0, 0.05) is 23.2 Å². The third-order valence-corrected chi connectivity index (χ3v) is 5.80. The summed E-state index contributed by atoms with van der Waals surface area (Å²) < 4.78 is 11.0. The van der Waals surface area contributed by atoms with Crippen LogP contribution in [-0.2, 0) is 0 Å². The van der Waals surface area contributed by atoms with Crippen molar-refractivity contribution in [3.05, 3.63) is 48.5 Å². The molecule has 150 valence electrons. The van der Waals surface area contributed by atoms with Crippen molar-refractivity contribution in [1.82, 2.24) is 9.88 Å². The summed E-state index contributed by atoms with van der Waals surface area (Å²) in [5.74, 6) is 1.58. The summed E-state index contributed by atoms with van der Waals surface area (Å²) in [6.07, 6.45) is 5.24. The number of benzene rings is 2. The van der Waals surface area contributed by atoms with Gasteiger partial charge in [-0.15, -0.1) is 0 Å². The average molecular weight is 389 g/mol. The van der Waals surface area contributed by atoms with Gasteiger partial charge in [-0.05, 0) is 69.2 Å². The van der Waals surface area contributed by atoms with Crippen molar-refractivity contribution < 1.29 is 9.47 Å². The minimum Gasteiger partial charge on any atom is -0.454 e. The van der Waals surface area contributed by atoms with Crippen molar-refractivity contribution >= 4 is 16.6 Å². The molecule has 0 aliphatic carbocycles. The van der Waals surface area contributed by atoms with Gasteiger partial charge in [0.2, 0.25) is 6.79 Å². The molecule has 3 aromatic rings. The summed E-state index contributed by atoms with van der Waals surface area (Å²) in [6, 6.07) is 16.5. The number of aromatic nitrogens is 1. The zero-order valence-corrected chi connectivity index (χ0v) is 16.7. The van der Waals surface area contributed by atoms with Crippen molar-refractivity contribution in [2.45, 2.75) is 25.7 Å². The number of hydrogen-bond acceptors (Lipinski definition) is 5. The largest absolute Gasteiger partial charge is 0.454 e. The third-order valence-electron chi connectivity index (χ3n) is 5.80. The molecule has 0 saturated carbocycles. The minimum atomic E-state index is 0.285. The molecule has 0 unspecified atom stereocenters. The van der Waals surface area contributed by atoms with E-state index in [9.17, 15) is 0 Å². The molecule has 2 aliphatic rings. The van der Waals surface area contributed by atoms with Gasteiger partial charge in [0.1, 0.15) is 0 Å². The first-order valence-corrected chi connectivity index (χ1v) is 10.6. The Labute approximate surface area is 171 Å². The Kier molecular flexibility index (Phi) is 5.22. The lowest BCUT2D eigenvalue weighted by molar-refractivity contribution is 0.174. The second kappa shape index (κ2) is 8.29. The van der Waals surface area contributed by atoms with Gasteiger partial charge >= 0.3 is 0 Å². The standard InChI is InChI=1S/C24H27N3O2/c1-4-12-27(13-5-1)14-6-11-25-22-16-21(26-20-8-3-2-7-19(20)22)18-9-10-23-24(15-18)29-17-28-23/h2-3,7-10,15-16H,1,4-6,11-14,17H2,(H,25,26). The van der Waals surface area contributed by atoms with Gasteiger partial charge in [0.15, 0.2) is 11.5 Å². The van der Waals surface area contributed by atoms with Crippen LogP contribution in [0.4, 0.5) is 5.69 Å². The van der Waals surface area contributed by atoms with Crippen molar-refractivity contribution in [3.8, 4) is 22.8 Å². The Balaban J connectivity index is 1.36. The number of hydrogen-bond donors (Lipinski definition) is 1. The van der Waals surface area contributed by atoms with Crippen molar-refractivity contribution in [2.75, 3.05) is 38.3 Å². The maximum Gasteiger partial charge on any atom is 0.231 e. The van der Waals surface area contributed by atoms with Gasteiger partial charge in [0.25, 0.3) is 0 Å². The number of anilines is 1. The highest BCUT2D eigenvalue weighted by molar-refractivity contribution is 5.93. The Morgan fingerprint density at radius 2 is 1.79 bits per heavy atom. The lowest BCUT2D eigenvalue weighted by Gasteiger charge is -2.26. The summed E-state index contributed by atoms with van der Waals surface area (Å²) in [7, 11) is 0. The Morgan fingerprint density at radius 3 is 2.72 bits per heavy atom. The molecule has 0 atom stereocenters. The molecule has 5 nitrogen and oxygen atoms in total. The van der Waals surface area contributed by atoms with E-state index >= 15 is 0 Å². The highest BCUT2D eigenvalue weighted by Crippen LogP contribution is 2.37. The van der Waals surface area contributed by atoms with Gasteiger partial charge in [-0.3, -0.25) is 0 Å². The summed E-state index contributed by atoms with van der Waals surface area (Å²) >= 11 is 0. The fraction of sp³-hybridized carbons (Fsp3) is 0.375. The summed E-state index contributed by atoms with van der Waals surface area (Å²) in [6.45, 7) is 4.93. The van der Waals surface area contributed by atoms with Crippen LogP contribution in [0.1, 0.15) is 25.7 Å². The maximum atomic E-state index is 5.55. The van der Waals surface area contributed by atoms with E-state index in [1.807, 2.05) is 24.3 Å². The van der Waals surface area contributed by atoms with Crippen LogP contribution in [0.25, 0.3) is 22.2 Å². The Morgan fingerprint density at radius 1 is 0.931 bits per heavy atom. The van der Waals surface area contributed by atoms with E-state index in [1.54, 1.807) is 0 Å². The molecule has 1 fully saturated rings. The number of para-hydroxylation sites is 1. The molecule has 3 heterocycles. The zero-order valence-electron chi connectivity index (χ0n) is 16.7. The van der Waals surface area contributed by atoms with E-state index in [0.717, 1.165) is 52.3 Å². The van der Waals surface area contributed by atoms with E-state index < -0.39 is 0 Å². The van der Waals surface area contributed by atoms with Gasteiger partial charge < -0.3 is 19.7 Å². The highest BCUT2D eigenvalue weighted by atomic mass is 16.7. The van der Waals surface area contributed by atoms with Crippen LogP contribution in [0.5, 0.6) is 11.5 Å². The monoisotopic (exact) mass is 389 g/mol. The topological polar surface area (TPSA) is 46.6 Å². The van der Waals surface area contributed by atoms with E-state index in [2.05, 4.69) is 34.5 Å². The molecular weight excluding hydrogens is 362 g/mol. The van der Waals surface area contributed by atoms with Crippen LogP contribution >= 0.6 is 0 Å². The molecule has 0 spiro atoms. The van der Waals surface area contributed by atoms with Crippen LogP contribution in [0.15, 0.2) is 48.5 Å². The summed E-state index contributed by atoms with van der Waals surface area (Å²) in [5, 5.41) is 4.83. The first-order chi connectivity index (χ1) is 14.4. The SMILES string of the molecule is c1ccc2c(NCCCN3CCCCC3)cc(-c3ccc4c(c3)OCO4)nc2c1. The van der Waals surface area contributed by atoms with Crippen LogP contribution < -0.4 is 14.8 Å². The first-order valence-electron chi connectivity index (χ1n) is 10.6. The van der Waals surface area contributed by atoms with Gasteiger partial charge in [-0.2, -0.15) is 0 Å². The van der Waals surface area contributed by atoms with Gasteiger partial charge in [-0.25, -0.2) is 4.98 Å². The summed E-state index contributed by atoms with van der Waals surface area (Å²) in [5.41, 5.74) is 4.13. The second-order valence-corrected chi connectivity index (χ2v) is 7.82. The van der Waals surface area contributed by atoms with Crippen molar-refractivity contribution in [2.24, 2.45) is 0 Å². The van der Waals surface area contributed by atoms with Crippen molar-refractivity contribution in [3.63, 3.8) is 0 Å². The number of nitrogens with zero attached hydrogens (tertiary/aromatic N) is 2. The van der Waals surface area contributed by atoms with E-state index in [-0.39, 0.29) is 6.79 Å². The van der Waals surface area contributed by atoms with Crippen LogP contribution in [0, 0.1) is 0 Å². The fourth-order valence-corrected chi connectivity index (χ4v) is 4.23. The smallest absolute Gasteiger partial charge is 0.231 e. The molecule has 5 heteroatoms. The normalized spacial score (nSPS) is 16.3. The molecule has 0 bridgehead atoms. The van der Waals surface area contributed by atoms with Crippen LogP contribution in [0.2, 0.25) is 0 Å². The van der Waals surface area contributed by atoms with Gasteiger partial charge in [0.05, 0.1) is 11.2 Å². The second-order valence-electron chi connectivity index (χ2n) is 7.82. The molecule has 5 rings (SSSR count). The highest BCUT2D eigenvalue weighted by Gasteiger charge is 2.15. The average Bonchev–Trinajstić information content (AvgIpc) is 3.25. The van der Waals surface area contributed by atoms with E-state index in [1.165, 1.54) is 38.9 Å². The Hall–Kier alpha value is -2.79. The fourth-order valence-electron chi connectivity index (χ4n) is 4.23. The zero-order chi connectivity index (χ0) is 19.5. The van der Waals surface area contributed by atoms with E-state index in [0.29, 0.717) is 0 Å². The number of pyridine rings is 1. The maximum absolute atomic E-state index is 5.55. The predicted molar refractivity (Wildman–Crippen MR) is 117 cm³/mol.